The predicted octanol–water partition coefficient (Wildman–Crippen LogP) is 3.01. The Kier molecular flexibility index (Phi) is 5.83. The summed E-state index contributed by atoms with van der Waals surface area (Å²) in [6, 6.07) is 5.77. The van der Waals surface area contributed by atoms with Crippen molar-refractivity contribution in [1.29, 1.82) is 0 Å². The van der Waals surface area contributed by atoms with Crippen molar-refractivity contribution < 1.29 is 14.6 Å². The second-order valence-corrected chi connectivity index (χ2v) is 4.89. The van der Waals surface area contributed by atoms with E-state index in [1.54, 1.807) is 12.1 Å². The molecule has 4 heteroatoms. The summed E-state index contributed by atoms with van der Waals surface area (Å²) in [6.07, 6.45) is 2.31. The average molecular weight is 265 g/mol. The molecule has 1 N–H and O–H groups in total. The first-order valence-corrected chi connectivity index (χ1v) is 6.60. The molecule has 0 radical (unpaired) electrons. The van der Waals surface area contributed by atoms with Gasteiger partial charge in [0.05, 0.1) is 7.11 Å². The Morgan fingerprint density at radius 2 is 2.16 bits per heavy atom. The Balaban J connectivity index is 2.82. The highest BCUT2D eigenvalue weighted by atomic mass is 16.5. The third kappa shape index (κ3) is 4.24. The van der Waals surface area contributed by atoms with Gasteiger partial charge in [0.25, 0.3) is 0 Å². The molecule has 1 rings (SSSR count). The van der Waals surface area contributed by atoms with Crippen LogP contribution in [-0.2, 0) is 6.54 Å². The lowest BCUT2D eigenvalue weighted by Crippen LogP contribution is -2.28. The monoisotopic (exact) mass is 265 g/mol. The fourth-order valence-electron chi connectivity index (χ4n) is 2.09. The van der Waals surface area contributed by atoms with Crippen LogP contribution in [0.2, 0.25) is 0 Å². The van der Waals surface area contributed by atoms with Gasteiger partial charge in [-0.3, -0.25) is 4.90 Å². The molecule has 0 aliphatic rings. The SMILES string of the molecule is CCCC(C)N(C)Cc1ccc(C(=O)O)c(OC)c1. The van der Waals surface area contributed by atoms with Crippen LogP contribution in [0.3, 0.4) is 0 Å². The van der Waals surface area contributed by atoms with E-state index in [0.29, 0.717) is 11.8 Å². The number of carboxylic acids is 1. The number of rotatable bonds is 7. The van der Waals surface area contributed by atoms with Gasteiger partial charge in [-0.2, -0.15) is 0 Å². The number of methoxy groups -OCH3 is 1. The lowest BCUT2D eigenvalue weighted by molar-refractivity contribution is 0.0693. The smallest absolute Gasteiger partial charge is 0.339 e. The van der Waals surface area contributed by atoms with Gasteiger partial charge < -0.3 is 9.84 Å². The fourth-order valence-corrected chi connectivity index (χ4v) is 2.09. The van der Waals surface area contributed by atoms with Crippen molar-refractivity contribution in [3.8, 4) is 5.75 Å². The van der Waals surface area contributed by atoms with Gasteiger partial charge in [0, 0.05) is 12.6 Å². The number of carboxylic acid groups (broad SMARTS) is 1. The Morgan fingerprint density at radius 1 is 1.47 bits per heavy atom. The molecule has 1 atom stereocenters. The van der Waals surface area contributed by atoms with E-state index in [9.17, 15) is 4.79 Å². The van der Waals surface area contributed by atoms with E-state index >= 15 is 0 Å². The molecule has 1 aromatic carbocycles. The van der Waals surface area contributed by atoms with Crippen molar-refractivity contribution in [1.82, 2.24) is 4.90 Å². The molecule has 4 nitrogen and oxygen atoms in total. The molecule has 1 unspecified atom stereocenters. The first-order valence-electron chi connectivity index (χ1n) is 6.60. The number of ether oxygens (including phenoxy) is 1. The van der Waals surface area contributed by atoms with Crippen molar-refractivity contribution in [2.45, 2.75) is 39.3 Å². The molecule has 1 aromatic rings. The highest BCUT2D eigenvalue weighted by Gasteiger charge is 2.13. The number of benzene rings is 1. The van der Waals surface area contributed by atoms with Gasteiger partial charge in [-0.15, -0.1) is 0 Å². The topological polar surface area (TPSA) is 49.8 Å². The molecule has 0 saturated carbocycles. The summed E-state index contributed by atoms with van der Waals surface area (Å²) in [6.45, 7) is 5.17. The Bertz CT molecular complexity index is 431. The molecule has 0 spiro atoms. The van der Waals surface area contributed by atoms with Gasteiger partial charge in [0.1, 0.15) is 11.3 Å². The number of carbonyl (C=O) groups is 1. The third-order valence-electron chi connectivity index (χ3n) is 3.39. The molecule has 0 amide bonds. The van der Waals surface area contributed by atoms with Gasteiger partial charge in [0.2, 0.25) is 0 Å². The molecule has 106 valence electrons. The molecular formula is C15H23NO3. The maximum Gasteiger partial charge on any atom is 0.339 e. The maximum absolute atomic E-state index is 11.0. The standard InChI is InChI=1S/C15H23NO3/c1-5-6-11(2)16(3)10-12-7-8-13(15(17)18)14(9-12)19-4/h7-9,11H,5-6,10H2,1-4H3,(H,17,18). The van der Waals surface area contributed by atoms with E-state index in [0.717, 1.165) is 24.9 Å². The van der Waals surface area contributed by atoms with E-state index in [1.807, 2.05) is 6.07 Å². The van der Waals surface area contributed by atoms with Crippen LogP contribution in [0.1, 0.15) is 42.6 Å². The van der Waals surface area contributed by atoms with Crippen LogP contribution in [0.25, 0.3) is 0 Å². The zero-order valence-electron chi connectivity index (χ0n) is 12.1. The molecule has 0 aliphatic carbocycles. The highest BCUT2D eigenvalue weighted by molar-refractivity contribution is 5.90. The van der Waals surface area contributed by atoms with E-state index in [1.165, 1.54) is 7.11 Å². The molecule has 0 fully saturated rings. The van der Waals surface area contributed by atoms with Crippen molar-refractivity contribution in [3.63, 3.8) is 0 Å². The van der Waals surface area contributed by atoms with Gasteiger partial charge in [-0.05, 0) is 38.1 Å². The molecular weight excluding hydrogens is 242 g/mol. The van der Waals surface area contributed by atoms with Gasteiger partial charge in [-0.1, -0.05) is 19.4 Å². The zero-order chi connectivity index (χ0) is 14.4. The molecule has 0 heterocycles. The van der Waals surface area contributed by atoms with Crippen LogP contribution in [0, 0.1) is 0 Å². The Labute approximate surface area is 115 Å². The van der Waals surface area contributed by atoms with Crippen LogP contribution in [0.5, 0.6) is 5.75 Å². The highest BCUT2D eigenvalue weighted by Crippen LogP contribution is 2.21. The summed E-state index contributed by atoms with van der Waals surface area (Å²) in [5.74, 6) is -0.544. The predicted molar refractivity (Wildman–Crippen MR) is 75.8 cm³/mol. The van der Waals surface area contributed by atoms with Crippen LogP contribution in [0.15, 0.2) is 18.2 Å². The van der Waals surface area contributed by atoms with Crippen molar-refractivity contribution in [3.05, 3.63) is 29.3 Å². The minimum atomic E-state index is -0.962. The second-order valence-electron chi connectivity index (χ2n) is 4.89. The van der Waals surface area contributed by atoms with Crippen molar-refractivity contribution >= 4 is 5.97 Å². The summed E-state index contributed by atoms with van der Waals surface area (Å²) in [5, 5.41) is 9.04. The van der Waals surface area contributed by atoms with E-state index < -0.39 is 5.97 Å². The Morgan fingerprint density at radius 3 is 2.68 bits per heavy atom. The number of hydrogen-bond donors (Lipinski definition) is 1. The minimum Gasteiger partial charge on any atom is -0.496 e. The summed E-state index contributed by atoms with van der Waals surface area (Å²) in [4.78, 5) is 13.3. The summed E-state index contributed by atoms with van der Waals surface area (Å²) in [7, 11) is 3.58. The molecule has 0 bridgehead atoms. The second kappa shape index (κ2) is 7.14. The van der Waals surface area contributed by atoms with Crippen LogP contribution < -0.4 is 4.74 Å². The quantitative estimate of drug-likeness (QED) is 0.823. The normalized spacial score (nSPS) is 12.5. The number of nitrogens with zero attached hydrogens (tertiary/aromatic N) is 1. The fraction of sp³-hybridized carbons (Fsp3) is 0.533. The third-order valence-corrected chi connectivity index (χ3v) is 3.39. The first kappa shape index (κ1) is 15.5. The Hall–Kier alpha value is -1.55. The molecule has 0 aromatic heterocycles. The lowest BCUT2D eigenvalue weighted by Gasteiger charge is -2.24. The van der Waals surface area contributed by atoms with Crippen LogP contribution >= 0.6 is 0 Å². The van der Waals surface area contributed by atoms with Crippen molar-refractivity contribution in [2.24, 2.45) is 0 Å². The lowest BCUT2D eigenvalue weighted by atomic mass is 10.1. The average Bonchev–Trinajstić information content (AvgIpc) is 2.38. The molecule has 0 saturated heterocycles. The number of hydrogen-bond acceptors (Lipinski definition) is 3. The van der Waals surface area contributed by atoms with Gasteiger partial charge >= 0.3 is 5.97 Å². The molecule has 19 heavy (non-hydrogen) atoms. The van der Waals surface area contributed by atoms with Crippen LogP contribution in [0.4, 0.5) is 0 Å². The van der Waals surface area contributed by atoms with E-state index in [4.69, 9.17) is 9.84 Å². The number of aromatic carboxylic acids is 1. The summed E-state index contributed by atoms with van der Waals surface area (Å²) in [5.41, 5.74) is 1.27. The first-order chi connectivity index (χ1) is 8.99. The van der Waals surface area contributed by atoms with E-state index in [-0.39, 0.29) is 5.56 Å². The zero-order valence-corrected chi connectivity index (χ0v) is 12.1. The van der Waals surface area contributed by atoms with E-state index in [2.05, 4.69) is 25.8 Å². The molecule has 0 aliphatic heterocycles. The largest absolute Gasteiger partial charge is 0.496 e. The van der Waals surface area contributed by atoms with Gasteiger partial charge in [-0.25, -0.2) is 4.79 Å². The van der Waals surface area contributed by atoms with Crippen molar-refractivity contribution in [2.75, 3.05) is 14.2 Å². The summed E-state index contributed by atoms with van der Waals surface area (Å²) < 4.78 is 5.14. The van der Waals surface area contributed by atoms with Crippen LogP contribution in [-0.4, -0.2) is 36.2 Å². The summed E-state index contributed by atoms with van der Waals surface area (Å²) >= 11 is 0. The van der Waals surface area contributed by atoms with Gasteiger partial charge in [0.15, 0.2) is 0 Å². The minimum absolute atomic E-state index is 0.204. The maximum atomic E-state index is 11.0.